The molecule has 0 unspecified atom stereocenters. The molecule has 0 amide bonds. The van der Waals surface area contributed by atoms with Crippen LogP contribution in [0.2, 0.25) is 0 Å². The molecule has 3 heteroatoms. The van der Waals surface area contributed by atoms with E-state index >= 15 is 0 Å². The van der Waals surface area contributed by atoms with Crippen molar-refractivity contribution in [1.29, 1.82) is 0 Å². The second-order valence-electron chi connectivity index (χ2n) is 8.26. The maximum atomic E-state index is 11.6. The largest absolute Gasteiger partial charge is 0.493 e. The molecule has 0 spiro atoms. The molecule has 4 rings (SSSR count). The Morgan fingerprint density at radius 2 is 1.77 bits per heavy atom. The summed E-state index contributed by atoms with van der Waals surface area (Å²) < 4.78 is 11.1. The van der Waals surface area contributed by atoms with Crippen molar-refractivity contribution >= 4 is 16.7 Å². The zero-order valence-corrected chi connectivity index (χ0v) is 17.7. The van der Waals surface area contributed by atoms with E-state index in [0.717, 1.165) is 41.4 Å². The fraction of sp³-hybridized carbons (Fsp3) is 0.370. The molecule has 1 aliphatic rings. The van der Waals surface area contributed by atoms with E-state index in [-0.39, 0.29) is 5.97 Å². The van der Waals surface area contributed by atoms with Crippen LogP contribution >= 0.6 is 0 Å². The van der Waals surface area contributed by atoms with Gasteiger partial charge >= 0.3 is 5.97 Å². The summed E-state index contributed by atoms with van der Waals surface area (Å²) >= 11 is 0. The zero-order chi connectivity index (χ0) is 20.8. The molecule has 0 N–H and O–H groups in total. The van der Waals surface area contributed by atoms with Gasteiger partial charge in [-0.25, -0.2) is 0 Å². The van der Waals surface area contributed by atoms with Crippen molar-refractivity contribution < 1.29 is 14.3 Å². The smallest absolute Gasteiger partial charge is 0.305 e. The van der Waals surface area contributed by atoms with Crippen molar-refractivity contribution in [2.24, 2.45) is 5.92 Å². The Morgan fingerprint density at radius 1 is 0.967 bits per heavy atom. The third-order valence-corrected chi connectivity index (χ3v) is 6.21. The number of hydrogen-bond donors (Lipinski definition) is 0. The third kappa shape index (κ3) is 5.02. The quantitative estimate of drug-likeness (QED) is 0.400. The highest BCUT2D eigenvalue weighted by Gasteiger charge is 2.16. The van der Waals surface area contributed by atoms with Crippen LogP contribution < -0.4 is 4.74 Å². The summed E-state index contributed by atoms with van der Waals surface area (Å²) in [5.41, 5.74) is 3.35. The normalized spacial score (nSPS) is 14.2. The summed E-state index contributed by atoms with van der Waals surface area (Å²) in [6.07, 6.45) is 7.58. The number of carbonyl (C=O) groups is 1. The van der Waals surface area contributed by atoms with E-state index in [0.29, 0.717) is 12.8 Å². The Labute approximate surface area is 179 Å². The summed E-state index contributed by atoms with van der Waals surface area (Å²) in [7, 11) is 1.43. The lowest BCUT2D eigenvalue weighted by atomic mass is 9.97. The van der Waals surface area contributed by atoms with Crippen LogP contribution in [0.25, 0.3) is 21.9 Å². The lowest BCUT2D eigenvalue weighted by Gasteiger charge is -2.16. The molecule has 1 fully saturated rings. The molecule has 0 heterocycles. The maximum Gasteiger partial charge on any atom is 0.305 e. The summed E-state index contributed by atoms with van der Waals surface area (Å²) in [6, 6.07) is 21.2. The first kappa shape index (κ1) is 20.5. The molecule has 0 aromatic heterocycles. The first-order valence-corrected chi connectivity index (χ1v) is 11.0. The van der Waals surface area contributed by atoms with E-state index in [1.165, 1.54) is 43.6 Å². The molecule has 0 atom stereocenters. The van der Waals surface area contributed by atoms with Crippen molar-refractivity contribution in [2.45, 2.75) is 44.9 Å². The minimum atomic E-state index is -0.181. The topological polar surface area (TPSA) is 35.5 Å². The number of ether oxygens (including phenoxy) is 2. The van der Waals surface area contributed by atoms with Crippen LogP contribution in [0.4, 0.5) is 0 Å². The molecule has 3 nitrogen and oxygen atoms in total. The third-order valence-electron chi connectivity index (χ3n) is 6.21. The summed E-state index contributed by atoms with van der Waals surface area (Å²) in [5.74, 6) is 1.55. The van der Waals surface area contributed by atoms with E-state index < -0.39 is 0 Å². The van der Waals surface area contributed by atoms with Crippen molar-refractivity contribution in [3.63, 3.8) is 0 Å². The first-order chi connectivity index (χ1) is 14.7. The van der Waals surface area contributed by atoms with Gasteiger partial charge in [-0.05, 0) is 58.9 Å². The molecule has 0 saturated heterocycles. The molecular formula is C27H30O3. The van der Waals surface area contributed by atoms with Gasteiger partial charge < -0.3 is 9.47 Å². The SMILES string of the molecule is COC(=O)CCc1ccc(OCCC2CCCC2)c(-c2ccc3ccccc3c2)c1. The van der Waals surface area contributed by atoms with Crippen molar-refractivity contribution in [3.8, 4) is 16.9 Å². The standard InChI is InChI=1S/C27H30O3/c1-29-27(28)15-11-21-10-14-26(30-17-16-20-6-2-3-7-20)25(18-21)24-13-12-22-8-4-5-9-23(22)19-24/h4-5,8-10,12-14,18-20H,2-3,6-7,11,15-17H2,1H3. The number of methoxy groups -OCH3 is 1. The molecule has 30 heavy (non-hydrogen) atoms. The monoisotopic (exact) mass is 402 g/mol. The van der Waals surface area contributed by atoms with Gasteiger partial charge in [0.1, 0.15) is 5.75 Å². The average Bonchev–Trinajstić information content (AvgIpc) is 3.31. The second kappa shape index (κ2) is 9.80. The molecule has 0 aliphatic heterocycles. The van der Waals surface area contributed by atoms with Gasteiger partial charge in [-0.15, -0.1) is 0 Å². The van der Waals surface area contributed by atoms with Crippen LogP contribution in [0.15, 0.2) is 60.7 Å². The number of aryl methyl sites for hydroxylation is 1. The van der Waals surface area contributed by atoms with E-state index in [9.17, 15) is 4.79 Å². The number of rotatable bonds is 8. The van der Waals surface area contributed by atoms with Crippen molar-refractivity contribution in [3.05, 3.63) is 66.2 Å². The lowest BCUT2D eigenvalue weighted by molar-refractivity contribution is -0.140. The predicted octanol–water partition coefficient (Wildman–Crippen LogP) is 6.57. The highest BCUT2D eigenvalue weighted by atomic mass is 16.5. The van der Waals surface area contributed by atoms with Crippen LogP contribution in [0, 0.1) is 5.92 Å². The zero-order valence-electron chi connectivity index (χ0n) is 17.7. The number of benzene rings is 3. The lowest BCUT2D eigenvalue weighted by Crippen LogP contribution is -2.05. The van der Waals surface area contributed by atoms with Gasteiger partial charge in [0.25, 0.3) is 0 Å². The molecule has 0 bridgehead atoms. The predicted molar refractivity (Wildman–Crippen MR) is 122 cm³/mol. The Morgan fingerprint density at radius 3 is 2.57 bits per heavy atom. The summed E-state index contributed by atoms with van der Waals surface area (Å²) in [5, 5.41) is 2.44. The minimum absolute atomic E-state index is 0.181. The number of esters is 1. The molecule has 1 aliphatic carbocycles. The van der Waals surface area contributed by atoms with E-state index in [1.54, 1.807) is 0 Å². The van der Waals surface area contributed by atoms with Crippen LogP contribution in [-0.2, 0) is 16.0 Å². The van der Waals surface area contributed by atoms with Gasteiger partial charge in [-0.2, -0.15) is 0 Å². The molecule has 156 valence electrons. The Balaban J connectivity index is 1.59. The summed E-state index contributed by atoms with van der Waals surface area (Å²) in [4.78, 5) is 11.6. The maximum absolute atomic E-state index is 11.6. The second-order valence-corrected chi connectivity index (χ2v) is 8.26. The fourth-order valence-electron chi connectivity index (χ4n) is 4.42. The Hall–Kier alpha value is -2.81. The first-order valence-electron chi connectivity index (χ1n) is 11.0. The van der Waals surface area contributed by atoms with Crippen LogP contribution in [0.3, 0.4) is 0 Å². The van der Waals surface area contributed by atoms with Crippen molar-refractivity contribution in [2.75, 3.05) is 13.7 Å². The van der Waals surface area contributed by atoms with Crippen LogP contribution in [0.5, 0.6) is 5.75 Å². The highest BCUT2D eigenvalue weighted by molar-refractivity contribution is 5.88. The molecule has 3 aromatic rings. The van der Waals surface area contributed by atoms with Crippen LogP contribution in [-0.4, -0.2) is 19.7 Å². The molecule has 1 saturated carbocycles. The summed E-state index contributed by atoms with van der Waals surface area (Å²) in [6.45, 7) is 0.757. The highest BCUT2D eigenvalue weighted by Crippen LogP contribution is 2.34. The van der Waals surface area contributed by atoms with Gasteiger partial charge in [-0.3, -0.25) is 4.79 Å². The minimum Gasteiger partial charge on any atom is -0.493 e. The van der Waals surface area contributed by atoms with Gasteiger partial charge in [0.15, 0.2) is 0 Å². The molecule has 0 radical (unpaired) electrons. The molecular weight excluding hydrogens is 372 g/mol. The van der Waals surface area contributed by atoms with Crippen LogP contribution in [0.1, 0.15) is 44.1 Å². The van der Waals surface area contributed by atoms with E-state index in [4.69, 9.17) is 9.47 Å². The van der Waals surface area contributed by atoms with E-state index in [2.05, 4.69) is 60.7 Å². The fourth-order valence-corrected chi connectivity index (χ4v) is 4.42. The average molecular weight is 403 g/mol. The Kier molecular flexibility index (Phi) is 6.68. The van der Waals surface area contributed by atoms with Gasteiger partial charge in [0.05, 0.1) is 13.7 Å². The Bertz CT molecular complexity index is 1000. The molecule has 3 aromatic carbocycles. The van der Waals surface area contributed by atoms with Gasteiger partial charge in [-0.1, -0.05) is 68.1 Å². The number of carbonyl (C=O) groups excluding carboxylic acids is 1. The van der Waals surface area contributed by atoms with E-state index in [1.807, 2.05) is 0 Å². The number of fused-ring (bicyclic) bond motifs is 1. The van der Waals surface area contributed by atoms with Crippen molar-refractivity contribution in [1.82, 2.24) is 0 Å². The van der Waals surface area contributed by atoms with Gasteiger partial charge in [0, 0.05) is 12.0 Å². The number of hydrogen-bond acceptors (Lipinski definition) is 3. The van der Waals surface area contributed by atoms with Gasteiger partial charge in [0.2, 0.25) is 0 Å².